The fourth-order valence-electron chi connectivity index (χ4n) is 3.72. The number of hydrogen-bond donors (Lipinski definition) is 3. The van der Waals surface area contributed by atoms with Crippen LogP contribution in [0.4, 0.5) is 5.69 Å². The third-order valence-corrected chi connectivity index (χ3v) is 8.52. The zero-order valence-electron chi connectivity index (χ0n) is 19.3. The van der Waals surface area contributed by atoms with Gasteiger partial charge in [0.15, 0.2) is 5.03 Å². The van der Waals surface area contributed by atoms with Crippen molar-refractivity contribution in [3.05, 3.63) is 87.9 Å². The summed E-state index contributed by atoms with van der Waals surface area (Å²) in [6, 6.07) is 16.5. The lowest BCUT2D eigenvalue weighted by Crippen LogP contribution is -2.21. The fraction of sp³-hybridized carbons (Fsp3) is 0.120. The molecule has 0 fully saturated rings. The van der Waals surface area contributed by atoms with Crippen molar-refractivity contribution in [2.75, 3.05) is 12.4 Å². The van der Waals surface area contributed by atoms with E-state index in [-0.39, 0.29) is 22.0 Å². The van der Waals surface area contributed by atoms with Crippen LogP contribution in [0, 0.1) is 6.92 Å². The van der Waals surface area contributed by atoms with Gasteiger partial charge >= 0.3 is 0 Å². The maximum Gasteiger partial charge on any atom is 0.276 e. The summed E-state index contributed by atoms with van der Waals surface area (Å²) in [7, 11) is -2.42. The zero-order valence-corrected chi connectivity index (χ0v) is 21.7. The van der Waals surface area contributed by atoms with E-state index in [4.69, 9.17) is 16.3 Å². The number of anilines is 1. The molecule has 186 valence electrons. The number of nitrogens with one attached hydrogen (secondary N) is 2. The molecule has 2 aromatic heterocycles. The van der Waals surface area contributed by atoms with Crippen LogP contribution in [-0.4, -0.2) is 31.6 Å². The van der Waals surface area contributed by atoms with Crippen LogP contribution in [0.15, 0.2) is 76.8 Å². The van der Waals surface area contributed by atoms with Crippen LogP contribution in [0.25, 0.3) is 10.4 Å². The lowest BCUT2D eigenvalue weighted by molar-refractivity contribution is 0.0707. The molecule has 11 heteroatoms. The summed E-state index contributed by atoms with van der Waals surface area (Å²) in [5.74, 6) is -0.169. The number of hydrogen-bond acceptors (Lipinski definition) is 8. The number of thiophene rings is 1. The van der Waals surface area contributed by atoms with Crippen LogP contribution < -0.4 is 15.5 Å². The molecule has 0 saturated carbocycles. The second-order valence-electron chi connectivity index (χ2n) is 7.76. The minimum Gasteiger partial charge on any atom is -0.497 e. The highest BCUT2D eigenvalue weighted by Gasteiger charge is 2.24. The Hall–Kier alpha value is -3.44. The minimum atomic E-state index is -3.92. The van der Waals surface area contributed by atoms with Crippen molar-refractivity contribution >= 4 is 44.4 Å². The van der Waals surface area contributed by atoms with Gasteiger partial charge < -0.3 is 10.1 Å². The van der Waals surface area contributed by atoms with Gasteiger partial charge in [-0.05, 0) is 72.6 Å². The Morgan fingerprint density at radius 3 is 2.53 bits per heavy atom. The van der Waals surface area contributed by atoms with Gasteiger partial charge in [-0.25, -0.2) is 18.9 Å². The first-order valence-corrected chi connectivity index (χ1v) is 13.3. The number of pyridine rings is 1. The Labute approximate surface area is 217 Å². The third kappa shape index (κ3) is 5.21. The Morgan fingerprint density at radius 1 is 1.14 bits per heavy atom. The molecule has 36 heavy (non-hydrogen) atoms. The van der Waals surface area contributed by atoms with Gasteiger partial charge in [-0.15, -0.1) is 11.3 Å². The summed E-state index contributed by atoms with van der Waals surface area (Å²) in [6.07, 6.45) is 1.41. The molecular formula is C25H22ClN3O5S2. The Morgan fingerprint density at radius 2 is 1.89 bits per heavy atom. The summed E-state index contributed by atoms with van der Waals surface area (Å²) in [5.41, 5.74) is 4.22. The van der Waals surface area contributed by atoms with Crippen molar-refractivity contribution in [3.63, 3.8) is 0 Å². The number of ether oxygens (including phenoxy) is 1. The average molecular weight is 544 g/mol. The smallest absolute Gasteiger partial charge is 0.276 e. The number of nitrogens with zero attached hydrogens (tertiary/aromatic N) is 1. The predicted molar refractivity (Wildman–Crippen MR) is 139 cm³/mol. The molecule has 0 spiro atoms. The molecule has 4 rings (SSSR count). The molecule has 8 nitrogen and oxygen atoms in total. The fourth-order valence-corrected chi connectivity index (χ4v) is 6.16. The second-order valence-corrected chi connectivity index (χ2v) is 11.3. The minimum absolute atomic E-state index is 0.0648. The molecular weight excluding hydrogens is 522 g/mol. The van der Waals surface area contributed by atoms with Crippen molar-refractivity contribution in [2.24, 2.45) is 0 Å². The first-order chi connectivity index (χ1) is 17.2. The van der Waals surface area contributed by atoms with Crippen LogP contribution in [0.1, 0.15) is 21.5 Å². The van der Waals surface area contributed by atoms with E-state index in [1.54, 1.807) is 41.9 Å². The number of amides is 1. The van der Waals surface area contributed by atoms with Crippen molar-refractivity contribution in [1.82, 2.24) is 10.5 Å². The number of aryl methyl sites for hydroxylation is 1. The first-order valence-electron chi connectivity index (χ1n) is 10.7. The molecule has 3 N–H and O–H groups in total. The van der Waals surface area contributed by atoms with E-state index in [1.807, 2.05) is 19.1 Å². The normalized spacial score (nSPS) is 11.2. The lowest BCUT2D eigenvalue weighted by Gasteiger charge is -2.17. The van der Waals surface area contributed by atoms with E-state index in [2.05, 4.69) is 10.3 Å². The van der Waals surface area contributed by atoms with Gasteiger partial charge in [-0.1, -0.05) is 17.7 Å². The van der Waals surface area contributed by atoms with E-state index < -0.39 is 15.7 Å². The van der Waals surface area contributed by atoms with E-state index in [9.17, 15) is 18.4 Å². The second kappa shape index (κ2) is 10.7. The molecule has 0 unspecified atom stereocenters. The molecule has 0 aliphatic carbocycles. The van der Waals surface area contributed by atoms with Crippen molar-refractivity contribution in [3.8, 4) is 16.2 Å². The summed E-state index contributed by atoms with van der Waals surface area (Å²) in [4.78, 5) is 17.6. The molecule has 2 heterocycles. The highest BCUT2D eigenvalue weighted by Crippen LogP contribution is 2.35. The highest BCUT2D eigenvalue weighted by atomic mass is 35.5. The standard InChI is InChI=1S/C25H22ClN3O5S2/c1-15-12-17(21-9-10-22(26)35-21)13-20(24(30)29-31)23(15)28-14-16-4-3-11-27-25(16)36(32,33)19-7-5-18(34-2)6-8-19/h3-13,28,31H,14H2,1-2H3,(H,29,30). The Bertz CT molecular complexity index is 1520. The maximum atomic E-state index is 13.3. The quantitative estimate of drug-likeness (QED) is 0.203. The molecule has 0 radical (unpaired) electrons. The number of methoxy groups -OCH3 is 1. The van der Waals surface area contributed by atoms with Crippen LogP contribution >= 0.6 is 22.9 Å². The van der Waals surface area contributed by atoms with E-state index >= 15 is 0 Å². The molecule has 0 aliphatic heterocycles. The first kappa shape index (κ1) is 25.6. The van der Waals surface area contributed by atoms with Crippen LogP contribution in [0.5, 0.6) is 5.75 Å². The molecule has 2 aromatic carbocycles. The van der Waals surface area contributed by atoms with Crippen LogP contribution in [0.3, 0.4) is 0 Å². The summed E-state index contributed by atoms with van der Waals surface area (Å²) in [6.45, 7) is 1.88. The summed E-state index contributed by atoms with van der Waals surface area (Å²) < 4.78 is 32.4. The number of hydroxylamine groups is 1. The van der Waals surface area contributed by atoms with E-state index in [1.165, 1.54) is 36.8 Å². The number of carbonyl (C=O) groups is 1. The van der Waals surface area contributed by atoms with Crippen molar-refractivity contribution in [1.29, 1.82) is 0 Å². The number of aromatic nitrogens is 1. The van der Waals surface area contributed by atoms with E-state index in [0.717, 1.165) is 16.0 Å². The van der Waals surface area contributed by atoms with Crippen molar-refractivity contribution in [2.45, 2.75) is 23.4 Å². The number of halogens is 1. The topological polar surface area (TPSA) is 118 Å². The molecule has 0 saturated heterocycles. The molecule has 1 amide bonds. The zero-order chi connectivity index (χ0) is 25.9. The Balaban J connectivity index is 1.69. The number of rotatable bonds is 8. The largest absolute Gasteiger partial charge is 0.497 e. The van der Waals surface area contributed by atoms with Crippen molar-refractivity contribution < 1.29 is 23.2 Å². The Kier molecular flexibility index (Phi) is 7.60. The average Bonchev–Trinajstić information content (AvgIpc) is 3.33. The number of sulfone groups is 1. The highest BCUT2D eigenvalue weighted by molar-refractivity contribution is 7.91. The van der Waals surface area contributed by atoms with Gasteiger partial charge in [-0.3, -0.25) is 10.0 Å². The molecule has 0 atom stereocenters. The number of benzene rings is 2. The third-order valence-electron chi connectivity index (χ3n) is 5.47. The maximum absolute atomic E-state index is 13.3. The summed E-state index contributed by atoms with van der Waals surface area (Å²) in [5, 5.41) is 12.4. The van der Waals surface area contributed by atoms with Crippen LogP contribution in [0.2, 0.25) is 4.34 Å². The SMILES string of the molecule is COc1ccc(S(=O)(=O)c2ncccc2CNc2c(C)cc(-c3ccc(Cl)s3)cc2C(=O)NO)cc1. The van der Waals surface area contributed by atoms with Gasteiger partial charge in [0.2, 0.25) is 9.84 Å². The molecule has 4 aromatic rings. The summed E-state index contributed by atoms with van der Waals surface area (Å²) >= 11 is 7.43. The number of carbonyl (C=O) groups excluding carboxylic acids is 1. The van der Waals surface area contributed by atoms with E-state index in [0.29, 0.717) is 21.3 Å². The molecule has 0 aliphatic rings. The molecule has 0 bridgehead atoms. The predicted octanol–water partition coefficient (Wildman–Crippen LogP) is 5.34. The lowest BCUT2D eigenvalue weighted by atomic mass is 10.0. The van der Waals surface area contributed by atoms with Crippen LogP contribution in [-0.2, 0) is 16.4 Å². The van der Waals surface area contributed by atoms with Gasteiger partial charge in [0.1, 0.15) is 5.75 Å². The van der Waals surface area contributed by atoms with Gasteiger partial charge in [-0.2, -0.15) is 0 Å². The van der Waals surface area contributed by atoms with Gasteiger partial charge in [0.05, 0.1) is 27.6 Å². The van der Waals surface area contributed by atoms with Gasteiger partial charge in [0.25, 0.3) is 5.91 Å². The van der Waals surface area contributed by atoms with Gasteiger partial charge in [0, 0.05) is 23.2 Å². The monoisotopic (exact) mass is 543 g/mol.